The fraction of sp³-hybridized carbons (Fsp3) is 0.529. The summed E-state index contributed by atoms with van der Waals surface area (Å²) in [5.41, 5.74) is 1.38. The molecule has 0 radical (unpaired) electrons. The van der Waals surface area contributed by atoms with Crippen molar-refractivity contribution in [3.8, 4) is 0 Å². The molecule has 24 heavy (non-hydrogen) atoms. The fourth-order valence-corrected chi connectivity index (χ4v) is 2.51. The van der Waals surface area contributed by atoms with Crippen LogP contribution in [0.1, 0.15) is 43.1 Å². The van der Waals surface area contributed by atoms with Crippen LogP contribution in [0.3, 0.4) is 0 Å². The summed E-state index contributed by atoms with van der Waals surface area (Å²) in [4.78, 5) is 24.6. The van der Waals surface area contributed by atoms with Gasteiger partial charge in [0.25, 0.3) is 5.91 Å². The van der Waals surface area contributed by atoms with Crippen molar-refractivity contribution in [1.82, 2.24) is 10.2 Å². The minimum Gasteiger partial charge on any atom is -0.343 e. The highest BCUT2D eigenvalue weighted by Crippen LogP contribution is 2.33. The molecule has 4 nitrogen and oxygen atoms in total. The first-order chi connectivity index (χ1) is 11.0. The molecule has 0 aliphatic carbocycles. The van der Waals surface area contributed by atoms with Crippen LogP contribution in [-0.2, 0) is 10.2 Å². The Morgan fingerprint density at radius 2 is 1.75 bits per heavy atom. The Bertz CT molecular complexity index is 618. The number of amides is 2. The average Bonchev–Trinajstić information content (AvgIpc) is 2.41. The maximum absolute atomic E-state index is 12.6. The second-order valence-corrected chi connectivity index (χ2v) is 6.94. The van der Waals surface area contributed by atoms with E-state index in [4.69, 9.17) is 0 Å². The average molecular weight is 342 g/mol. The van der Waals surface area contributed by atoms with Crippen molar-refractivity contribution in [2.75, 3.05) is 13.1 Å². The number of hydrogen-bond acceptors (Lipinski definition) is 2. The number of nitrogens with one attached hydrogen (secondary N) is 1. The van der Waals surface area contributed by atoms with Crippen LogP contribution in [-0.4, -0.2) is 42.0 Å². The largest absolute Gasteiger partial charge is 0.408 e. The molecule has 0 bridgehead atoms. The number of rotatable bonds is 3. The normalized spacial score (nSPS) is 18.1. The van der Waals surface area contributed by atoms with E-state index in [9.17, 15) is 22.8 Å². The summed E-state index contributed by atoms with van der Waals surface area (Å²) in [7, 11) is 0. The van der Waals surface area contributed by atoms with Gasteiger partial charge in [-0.1, -0.05) is 32.9 Å². The standard InChI is InChI=1S/C17H21F3N2O2/c1-16(2,3)12-6-4-11(5-7-12)15(24)21-10-14(23)22-9-8-13(22)17(18,19)20/h4-7,13H,8-10H2,1-3H3,(H,21,24)/t13-/m0/s1. The lowest BCUT2D eigenvalue weighted by Crippen LogP contribution is -2.60. The minimum atomic E-state index is -4.42. The van der Waals surface area contributed by atoms with Gasteiger partial charge in [-0.25, -0.2) is 0 Å². The smallest absolute Gasteiger partial charge is 0.343 e. The van der Waals surface area contributed by atoms with Gasteiger partial charge in [0, 0.05) is 12.1 Å². The van der Waals surface area contributed by atoms with Gasteiger partial charge in [0.1, 0.15) is 6.04 Å². The van der Waals surface area contributed by atoms with Crippen LogP contribution >= 0.6 is 0 Å². The molecule has 1 fully saturated rings. The highest BCUT2D eigenvalue weighted by Gasteiger charge is 2.50. The van der Waals surface area contributed by atoms with Crippen molar-refractivity contribution < 1.29 is 22.8 Å². The zero-order chi connectivity index (χ0) is 18.1. The molecule has 0 unspecified atom stereocenters. The van der Waals surface area contributed by atoms with Gasteiger partial charge >= 0.3 is 6.18 Å². The predicted molar refractivity (Wildman–Crippen MR) is 83.6 cm³/mol. The molecule has 1 aromatic rings. The number of likely N-dealkylation sites (tertiary alicyclic amines) is 1. The van der Waals surface area contributed by atoms with Gasteiger partial charge in [-0.3, -0.25) is 9.59 Å². The maximum Gasteiger partial charge on any atom is 0.408 e. The van der Waals surface area contributed by atoms with E-state index in [2.05, 4.69) is 5.32 Å². The molecule has 1 N–H and O–H groups in total. The van der Waals surface area contributed by atoms with Crippen LogP contribution < -0.4 is 5.32 Å². The van der Waals surface area contributed by atoms with E-state index >= 15 is 0 Å². The number of hydrogen-bond donors (Lipinski definition) is 1. The molecule has 0 saturated carbocycles. The first kappa shape index (κ1) is 18.3. The third-order valence-electron chi connectivity index (χ3n) is 4.13. The molecule has 1 saturated heterocycles. The molecule has 1 aliphatic heterocycles. The monoisotopic (exact) mass is 342 g/mol. The Morgan fingerprint density at radius 3 is 2.17 bits per heavy atom. The Kier molecular flexibility index (Phi) is 4.92. The summed E-state index contributed by atoms with van der Waals surface area (Å²) >= 11 is 0. The van der Waals surface area contributed by atoms with E-state index in [0.29, 0.717) is 5.56 Å². The molecule has 1 aromatic carbocycles. The number of nitrogens with zero attached hydrogens (tertiary/aromatic N) is 1. The summed E-state index contributed by atoms with van der Waals surface area (Å²) in [5, 5.41) is 2.38. The molecule has 2 amide bonds. The molecular formula is C17H21F3N2O2. The molecule has 1 atom stereocenters. The van der Waals surface area contributed by atoms with Gasteiger partial charge < -0.3 is 10.2 Å². The zero-order valence-corrected chi connectivity index (χ0v) is 13.9. The van der Waals surface area contributed by atoms with Crippen LogP contribution in [0.2, 0.25) is 0 Å². The number of benzene rings is 1. The van der Waals surface area contributed by atoms with Crippen molar-refractivity contribution in [3.05, 3.63) is 35.4 Å². The van der Waals surface area contributed by atoms with Gasteiger partial charge in [-0.15, -0.1) is 0 Å². The number of halogens is 3. The van der Waals surface area contributed by atoms with Crippen LogP contribution in [0.5, 0.6) is 0 Å². The minimum absolute atomic E-state index is 0.0465. The fourth-order valence-electron chi connectivity index (χ4n) is 2.51. The molecule has 132 valence electrons. The summed E-state index contributed by atoms with van der Waals surface area (Å²) in [6.45, 7) is 5.77. The van der Waals surface area contributed by atoms with E-state index in [-0.39, 0.29) is 18.4 Å². The van der Waals surface area contributed by atoms with Gasteiger partial charge in [-0.05, 0) is 29.5 Å². The van der Waals surface area contributed by atoms with Crippen molar-refractivity contribution >= 4 is 11.8 Å². The van der Waals surface area contributed by atoms with E-state index in [1.165, 1.54) is 0 Å². The number of alkyl halides is 3. The highest BCUT2D eigenvalue weighted by atomic mass is 19.4. The first-order valence-corrected chi connectivity index (χ1v) is 7.75. The van der Waals surface area contributed by atoms with E-state index < -0.39 is 30.6 Å². The molecule has 7 heteroatoms. The molecule has 0 spiro atoms. The van der Waals surface area contributed by atoms with Crippen LogP contribution in [0, 0.1) is 0 Å². The predicted octanol–water partition coefficient (Wildman–Crippen LogP) is 2.88. The SMILES string of the molecule is CC(C)(C)c1ccc(C(=O)NCC(=O)N2CC[C@H]2C(F)(F)F)cc1. The lowest BCUT2D eigenvalue weighted by molar-refractivity contribution is -0.211. The summed E-state index contributed by atoms with van der Waals surface area (Å²) in [6.07, 6.45) is -4.50. The highest BCUT2D eigenvalue weighted by molar-refractivity contribution is 5.96. The molecule has 2 rings (SSSR count). The van der Waals surface area contributed by atoms with Crippen molar-refractivity contribution in [3.63, 3.8) is 0 Å². The molecule has 1 aliphatic rings. The Labute approximate surface area is 139 Å². The Hall–Kier alpha value is -2.05. The van der Waals surface area contributed by atoms with Gasteiger partial charge in [0.05, 0.1) is 6.54 Å². The van der Waals surface area contributed by atoms with Gasteiger partial charge in [0.15, 0.2) is 0 Å². The third-order valence-corrected chi connectivity index (χ3v) is 4.13. The van der Waals surface area contributed by atoms with Gasteiger partial charge in [0.2, 0.25) is 5.91 Å². The molecule has 0 aromatic heterocycles. The Morgan fingerprint density at radius 1 is 1.17 bits per heavy atom. The van der Waals surface area contributed by atoms with E-state index in [0.717, 1.165) is 10.5 Å². The lowest BCUT2D eigenvalue weighted by atomic mass is 9.87. The third kappa shape index (κ3) is 4.07. The summed E-state index contributed by atoms with van der Waals surface area (Å²) in [5.74, 6) is -1.20. The number of carbonyl (C=O) groups excluding carboxylic acids is 2. The zero-order valence-electron chi connectivity index (χ0n) is 13.9. The van der Waals surface area contributed by atoms with E-state index in [1.807, 2.05) is 32.9 Å². The van der Waals surface area contributed by atoms with Crippen LogP contribution in [0.4, 0.5) is 13.2 Å². The summed E-state index contributed by atoms with van der Waals surface area (Å²) < 4.78 is 37.9. The lowest BCUT2D eigenvalue weighted by Gasteiger charge is -2.41. The maximum atomic E-state index is 12.6. The van der Waals surface area contributed by atoms with Crippen molar-refractivity contribution in [2.24, 2.45) is 0 Å². The van der Waals surface area contributed by atoms with Gasteiger partial charge in [-0.2, -0.15) is 13.2 Å². The topological polar surface area (TPSA) is 49.4 Å². The molecular weight excluding hydrogens is 321 g/mol. The first-order valence-electron chi connectivity index (χ1n) is 7.75. The Balaban J connectivity index is 1.90. The molecule has 1 heterocycles. The van der Waals surface area contributed by atoms with Crippen LogP contribution in [0.15, 0.2) is 24.3 Å². The second-order valence-electron chi connectivity index (χ2n) is 6.94. The van der Waals surface area contributed by atoms with Crippen molar-refractivity contribution in [2.45, 2.75) is 44.8 Å². The quantitative estimate of drug-likeness (QED) is 0.918. The van der Waals surface area contributed by atoms with Crippen molar-refractivity contribution in [1.29, 1.82) is 0 Å². The second kappa shape index (κ2) is 6.45. The van der Waals surface area contributed by atoms with Crippen LogP contribution in [0.25, 0.3) is 0 Å². The number of carbonyl (C=O) groups is 2. The summed E-state index contributed by atoms with van der Waals surface area (Å²) in [6, 6.07) is 5.20. The van der Waals surface area contributed by atoms with E-state index in [1.54, 1.807) is 12.1 Å².